The Labute approximate surface area is 126 Å². The van der Waals surface area contributed by atoms with Crippen LogP contribution in [0, 0.1) is 0 Å². The summed E-state index contributed by atoms with van der Waals surface area (Å²) in [6.45, 7) is 3.94. The lowest BCUT2D eigenvalue weighted by molar-refractivity contribution is -0.0167. The number of aromatic carboxylic acids is 1. The third-order valence-corrected chi connectivity index (χ3v) is 3.27. The van der Waals surface area contributed by atoms with Gasteiger partial charge in [0, 0.05) is 19.4 Å². The number of hydrogen-bond donors (Lipinski definition) is 1. The van der Waals surface area contributed by atoms with Crippen LogP contribution < -0.4 is 0 Å². The first-order chi connectivity index (χ1) is 9.93. The Kier molecular flexibility index (Phi) is 4.76. The Morgan fingerprint density at radius 2 is 2.24 bits per heavy atom. The van der Waals surface area contributed by atoms with Gasteiger partial charge in [0.05, 0.1) is 24.5 Å². The minimum atomic E-state index is -1.10. The molecule has 8 heteroatoms. The van der Waals surface area contributed by atoms with Gasteiger partial charge in [0.15, 0.2) is 10.8 Å². The highest BCUT2D eigenvalue weighted by Gasteiger charge is 2.22. The van der Waals surface area contributed by atoms with Crippen LogP contribution in [-0.4, -0.2) is 45.5 Å². The van der Waals surface area contributed by atoms with Gasteiger partial charge in [0.2, 0.25) is 0 Å². The number of hydrogen-bond acceptors (Lipinski definition) is 5. The van der Waals surface area contributed by atoms with Crippen molar-refractivity contribution in [3.63, 3.8) is 0 Å². The standard InChI is InChI=1S/C13H16ClN3O4/c1-7(20-3)6-21-8(2)12-9(13(18)19)5-15-11-4-10(14)16-17(11)12/h4-5,7-8H,6H2,1-3H3,(H,18,19)/t7?,8-/m0/s1. The molecule has 0 aliphatic heterocycles. The van der Waals surface area contributed by atoms with Crippen molar-refractivity contribution in [2.45, 2.75) is 26.1 Å². The SMILES string of the molecule is COC(C)CO[C@@H](C)c1c(C(=O)O)cnc2cc(Cl)nn12. The van der Waals surface area contributed by atoms with Crippen molar-refractivity contribution < 1.29 is 19.4 Å². The van der Waals surface area contributed by atoms with Crippen LogP contribution in [0.2, 0.25) is 5.15 Å². The highest BCUT2D eigenvalue weighted by Crippen LogP contribution is 2.23. The Morgan fingerprint density at radius 1 is 1.52 bits per heavy atom. The summed E-state index contributed by atoms with van der Waals surface area (Å²) < 4.78 is 12.2. The van der Waals surface area contributed by atoms with Crippen LogP contribution in [0.4, 0.5) is 0 Å². The van der Waals surface area contributed by atoms with Crippen molar-refractivity contribution >= 4 is 23.2 Å². The van der Waals surface area contributed by atoms with Gasteiger partial charge < -0.3 is 14.6 Å². The van der Waals surface area contributed by atoms with Gasteiger partial charge >= 0.3 is 5.97 Å². The number of halogens is 1. The molecule has 7 nitrogen and oxygen atoms in total. The number of methoxy groups -OCH3 is 1. The molecule has 0 amide bonds. The smallest absolute Gasteiger partial charge is 0.339 e. The molecular formula is C13H16ClN3O4. The van der Waals surface area contributed by atoms with Crippen LogP contribution in [0.3, 0.4) is 0 Å². The molecule has 0 fully saturated rings. The van der Waals surface area contributed by atoms with Crippen molar-refractivity contribution in [2.24, 2.45) is 0 Å². The van der Waals surface area contributed by atoms with E-state index in [0.717, 1.165) is 0 Å². The summed E-state index contributed by atoms with van der Waals surface area (Å²) in [5, 5.41) is 13.6. The molecule has 0 bridgehead atoms. The summed E-state index contributed by atoms with van der Waals surface area (Å²) in [6.07, 6.45) is 0.680. The summed E-state index contributed by atoms with van der Waals surface area (Å²) in [6, 6.07) is 1.56. The van der Waals surface area contributed by atoms with E-state index < -0.39 is 12.1 Å². The molecule has 2 rings (SSSR count). The molecule has 0 spiro atoms. The Morgan fingerprint density at radius 3 is 2.86 bits per heavy atom. The van der Waals surface area contributed by atoms with Gasteiger partial charge in [0.25, 0.3) is 0 Å². The lowest BCUT2D eigenvalue weighted by Crippen LogP contribution is -2.19. The first-order valence-corrected chi connectivity index (χ1v) is 6.73. The summed E-state index contributed by atoms with van der Waals surface area (Å²) in [4.78, 5) is 15.4. The van der Waals surface area contributed by atoms with E-state index in [2.05, 4.69) is 10.1 Å². The number of carboxylic acids is 1. The van der Waals surface area contributed by atoms with Crippen LogP contribution in [0.1, 0.15) is 36.0 Å². The van der Waals surface area contributed by atoms with E-state index in [1.807, 2.05) is 6.92 Å². The molecule has 0 aromatic carbocycles. The Hall–Kier alpha value is -1.70. The molecule has 21 heavy (non-hydrogen) atoms. The number of carbonyl (C=O) groups is 1. The molecule has 2 heterocycles. The molecule has 0 saturated heterocycles. The predicted octanol–water partition coefficient (Wildman–Crippen LogP) is 2.19. The molecule has 114 valence electrons. The van der Waals surface area contributed by atoms with Crippen LogP contribution in [0.5, 0.6) is 0 Å². The second kappa shape index (κ2) is 6.38. The summed E-state index contributed by atoms with van der Waals surface area (Å²) in [5.74, 6) is -1.10. The normalized spacial score (nSPS) is 14.3. The average molecular weight is 314 g/mol. The topological polar surface area (TPSA) is 86.0 Å². The maximum absolute atomic E-state index is 11.4. The minimum absolute atomic E-state index is 0.0276. The van der Waals surface area contributed by atoms with Gasteiger partial charge in [0.1, 0.15) is 5.56 Å². The van der Waals surface area contributed by atoms with Crippen LogP contribution >= 0.6 is 11.6 Å². The number of aromatic nitrogens is 3. The summed E-state index contributed by atoms with van der Waals surface area (Å²) in [7, 11) is 1.58. The van der Waals surface area contributed by atoms with Crippen molar-refractivity contribution in [3.05, 3.63) is 28.7 Å². The highest BCUT2D eigenvalue weighted by atomic mass is 35.5. The second-order valence-corrected chi connectivity index (χ2v) is 5.01. The molecule has 2 aromatic heterocycles. The van der Waals surface area contributed by atoms with Crippen molar-refractivity contribution in [1.82, 2.24) is 14.6 Å². The quantitative estimate of drug-likeness (QED) is 0.879. The van der Waals surface area contributed by atoms with Crippen molar-refractivity contribution in [1.29, 1.82) is 0 Å². The number of nitrogens with zero attached hydrogens (tertiary/aromatic N) is 3. The first-order valence-electron chi connectivity index (χ1n) is 6.36. The number of rotatable bonds is 6. The molecule has 1 unspecified atom stereocenters. The van der Waals surface area contributed by atoms with E-state index in [0.29, 0.717) is 17.9 Å². The molecule has 1 N–H and O–H groups in total. The molecular weight excluding hydrogens is 298 g/mol. The van der Waals surface area contributed by atoms with Crippen molar-refractivity contribution in [2.75, 3.05) is 13.7 Å². The fourth-order valence-corrected chi connectivity index (χ4v) is 2.08. The molecule has 0 radical (unpaired) electrons. The van der Waals surface area contributed by atoms with Crippen LogP contribution in [-0.2, 0) is 9.47 Å². The lowest BCUT2D eigenvalue weighted by Gasteiger charge is -2.18. The minimum Gasteiger partial charge on any atom is -0.478 e. The molecule has 0 aliphatic rings. The molecule has 2 atom stereocenters. The second-order valence-electron chi connectivity index (χ2n) is 4.62. The zero-order chi connectivity index (χ0) is 15.6. The van der Waals surface area contributed by atoms with E-state index in [-0.39, 0.29) is 16.8 Å². The zero-order valence-corrected chi connectivity index (χ0v) is 12.7. The lowest BCUT2D eigenvalue weighted by atomic mass is 10.1. The maximum Gasteiger partial charge on any atom is 0.339 e. The number of carboxylic acid groups (broad SMARTS) is 1. The fourth-order valence-electron chi connectivity index (χ4n) is 1.91. The maximum atomic E-state index is 11.4. The monoisotopic (exact) mass is 313 g/mol. The zero-order valence-electron chi connectivity index (χ0n) is 11.9. The number of fused-ring (bicyclic) bond motifs is 1. The summed E-state index contributed by atoms with van der Waals surface area (Å²) in [5.41, 5.74) is 0.887. The summed E-state index contributed by atoms with van der Waals surface area (Å²) >= 11 is 5.86. The van der Waals surface area contributed by atoms with Crippen LogP contribution in [0.15, 0.2) is 12.3 Å². The van der Waals surface area contributed by atoms with Crippen molar-refractivity contribution in [3.8, 4) is 0 Å². The highest BCUT2D eigenvalue weighted by molar-refractivity contribution is 6.29. The van der Waals surface area contributed by atoms with Gasteiger partial charge in [-0.3, -0.25) is 0 Å². The Balaban J connectivity index is 2.43. The molecule has 2 aromatic rings. The fraction of sp³-hybridized carbons (Fsp3) is 0.462. The van der Waals surface area contributed by atoms with Gasteiger partial charge in [-0.15, -0.1) is 0 Å². The van der Waals surface area contributed by atoms with E-state index in [1.165, 1.54) is 10.7 Å². The van der Waals surface area contributed by atoms with E-state index in [9.17, 15) is 9.90 Å². The third kappa shape index (κ3) is 3.31. The third-order valence-electron chi connectivity index (χ3n) is 3.09. The van der Waals surface area contributed by atoms with Gasteiger partial charge in [-0.1, -0.05) is 11.6 Å². The largest absolute Gasteiger partial charge is 0.478 e. The van der Waals surface area contributed by atoms with E-state index in [4.69, 9.17) is 21.1 Å². The predicted molar refractivity (Wildman–Crippen MR) is 75.8 cm³/mol. The van der Waals surface area contributed by atoms with Gasteiger partial charge in [-0.25, -0.2) is 14.3 Å². The van der Waals surface area contributed by atoms with E-state index >= 15 is 0 Å². The van der Waals surface area contributed by atoms with E-state index in [1.54, 1.807) is 20.1 Å². The molecule has 0 saturated carbocycles. The molecule has 0 aliphatic carbocycles. The van der Waals surface area contributed by atoms with Gasteiger partial charge in [-0.05, 0) is 13.8 Å². The Bertz CT molecular complexity index is 658. The first kappa shape index (κ1) is 15.7. The number of ether oxygens (including phenoxy) is 2. The average Bonchev–Trinajstić information content (AvgIpc) is 2.82. The van der Waals surface area contributed by atoms with Crippen LogP contribution in [0.25, 0.3) is 5.65 Å². The van der Waals surface area contributed by atoms with Gasteiger partial charge in [-0.2, -0.15) is 5.10 Å².